The quantitative estimate of drug-likeness (QED) is 0.221. The summed E-state index contributed by atoms with van der Waals surface area (Å²) in [6.45, 7) is 2.62. The van der Waals surface area contributed by atoms with Crippen molar-refractivity contribution in [3.8, 4) is 0 Å². The topological polar surface area (TPSA) is 0 Å². The minimum absolute atomic E-state index is 0. The Kier molecular flexibility index (Phi) is 12.8. The van der Waals surface area contributed by atoms with Crippen LogP contribution in [0.15, 0.2) is 109 Å². The first-order valence-corrected chi connectivity index (χ1v) is 17.8. The maximum atomic E-state index is 2.62. The smallest absolute Gasteiger partial charge is 0.0349 e. The van der Waals surface area contributed by atoms with Crippen LogP contribution < -0.4 is 10.6 Å². The van der Waals surface area contributed by atoms with E-state index in [0.717, 1.165) is 11.3 Å². The van der Waals surface area contributed by atoms with E-state index in [9.17, 15) is 0 Å². The minimum atomic E-state index is -0.511. The summed E-state index contributed by atoms with van der Waals surface area (Å²) in [7, 11) is -0.489. The summed E-state index contributed by atoms with van der Waals surface area (Å²) in [6, 6.07) is 22.6. The molecule has 3 heteroatoms. The van der Waals surface area contributed by atoms with E-state index in [1.807, 2.05) is 30.7 Å². The molecule has 2 fully saturated rings. The fourth-order valence-corrected chi connectivity index (χ4v) is 13.7. The predicted molar refractivity (Wildman–Crippen MR) is 172 cm³/mol. The summed E-state index contributed by atoms with van der Waals surface area (Å²) in [5, 5.41) is 4.59. The van der Waals surface area contributed by atoms with Gasteiger partial charge in [0.25, 0.3) is 0 Å². The molecule has 0 N–H and O–H groups in total. The molecular formula is C36H44FeP2. The van der Waals surface area contributed by atoms with E-state index in [2.05, 4.69) is 85.8 Å². The molecule has 0 aromatic heterocycles. The number of hydrogen-bond donors (Lipinski definition) is 0. The first kappa shape index (κ1) is 30.7. The van der Waals surface area contributed by atoms with Crippen molar-refractivity contribution in [3.05, 3.63) is 121 Å². The van der Waals surface area contributed by atoms with Gasteiger partial charge in [-0.25, -0.2) is 0 Å². The van der Waals surface area contributed by atoms with Crippen LogP contribution in [0.5, 0.6) is 0 Å². The number of rotatable bonds is 7. The van der Waals surface area contributed by atoms with E-state index in [0.29, 0.717) is 5.66 Å². The van der Waals surface area contributed by atoms with Crippen LogP contribution in [0.25, 0.3) is 0 Å². The Morgan fingerprint density at radius 3 is 1.54 bits per heavy atom. The molecule has 6 rings (SSSR count). The first-order valence-electron chi connectivity index (χ1n) is 14.9. The Morgan fingerprint density at radius 1 is 0.615 bits per heavy atom. The molecule has 0 nitrogen and oxygen atoms in total. The minimum Gasteiger partial charge on any atom is -0.0962 e. The van der Waals surface area contributed by atoms with E-state index in [4.69, 9.17) is 0 Å². The van der Waals surface area contributed by atoms with Crippen LogP contribution in [0.1, 0.15) is 71.1 Å². The first-order chi connectivity index (χ1) is 18.8. The molecule has 0 saturated heterocycles. The maximum Gasteiger partial charge on any atom is 0.0349 e. The van der Waals surface area contributed by atoms with Gasteiger partial charge in [-0.1, -0.05) is 157 Å². The van der Waals surface area contributed by atoms with Crippen LogP contribution in [0, 0.1) is 12.3 Å². The molecule has 39 heavy (non-hydrogen) atoms. The van der Waals surface area contributed by atoms with E-state index in [1.165, 1.54) is 74.8 Å². The standard InChI is InChI=1S/C31H39P2.C5H5.Fe/c1-25(32(26-15-6-2-7-16-26)27-17-8-3-9-18-27)30-23-14-24-31(30)33(28-19-10-4-11-20-28)29-21-12-5-13-22-29;1-2-4-5-3-1;/h4-5,10-14,19-27H,2-3,6-9,15-18H2,1H3;1-5H;/t25-;;/m0../s1. The summed E-state index contributed by atoms with van der Waals surface area (Å²) in [5.74, 6) is 1.68. The van der Waals surface area contributed by atoms with Crippen LogP contribution in [0.2, 0.25) is 0 Å². The van der Waals surface area contributed by atoms with Crippen LogP contribution in [0.3, 0.4) is 0 Å². The van der Waals surface area contributed by atoms with Crippen molar-refractivity contribution in [1.29, 1.82) is 0 Å². The van der Waals surface area contributed by atoms with Crippen molar-refractivity contribution >= 4 is 26.5 Å². The number of benzene rings is 2. The normalized spacial score (nSPS) is 20.5. The molecule has 4 aliphatic rings. The molecule has 2 saturated carbocycles. The van der Waals surface area contributed by atoms with Crippen LogP contribution in [-0.4, -0.2) is 17.0 Å². The fourth-order valence-electron chi connectivity index (χ4n) is 6.73. The van der Waals surface area contributed by atoms with E-state index in [1.54, 1.807) is 11.2 Å². The van der Waals surface area contributed by atoms with Gasteiger partial charge in [0.05, 0.1) is 0 Å². The molecule has 2 aromatic carbocycles. The molecule has 4 aliphatic carbocycles. The molecule has 0 heterocycles. The largest absolute Gasteiger partial charge is 0.0962 e. The number of allylic oxidation sites excluding steroid dienone is 8. The van der Waals surface area contributed by atoms with E-state index in [-0.39, 0.29) is 25.0 Å². The second kappa shape index (κ2) is 16.3. The van der Waals surface area contributed by atoms with E-state index < -0.39 is 7.92 Å². The summed E-state index contributed by atoms with van der Waals surface area (Å²) < 4.78 is 0. The van der Waals surface area contributed by atoms with Crippen LogP contribution in [-0.2, 0) is 17.1 Å². The van der Waals surface area contributed by atoms with Gasteiger partial charge in [-0.05, 0) is 66.5 Å². The monoisotopic (exact) mass is 594 g/mol. The zero-order valence-electron chi connectivity index (χ0n) is 23.4. The van der Waals surface area contributed by atoms with Crippen LogP contribution >= 0.6 is 15.8 Å². The van der Waals surface area contributed by atoms with Gasteiger partial charge in [0, 0.05) is 29.4 Å². The van der Waals surface area contributed by atoms with Crippen molar-refractivity contribution in [3.63, 3.8) is 0 Å². The second-order valence-electron chi connectivity index (χ2n) is 11.0. The molecular weight excluding hydrogens is 550 g/mol. The van der Waals surface area contributed by atoms with Crippen molar-refractivity contribution < 1.29 is 17.1 Å². The summed E-state index contributed by atoms with van der Waals surface area (Å²) in [4.78, 5) is 0. The van der Waals surface area contributed by atoms with Gasteiger partial charge in [0.1, 0.15) is 0 Å². The molecule has 0 aliphatic heterocycles. The zero-order valence-corrected chi connectivity index (χ0v) is 26.3. The Labute approximate surface area is 251 Å². The zero-order chi connectivity index (χ0) is 26.0. The Morgan fingerprint density at radius 2 is 1.10 bits per heavy atom. The summed E-state index contributed by atoms with van der Waals surface area (Å²) in [6.07, 6.45) is 32.1. The maximum absolute atomic E-state index is 2.62. The fraction of sp³-hybridized carbons (Fsp3) is 0.389. The van der Waals surface area contributed by atoms with Gasteiger partial charge in [-0.2, -0.15) is 0 Å². The predicted octanol–water partition coefficient (Wildman–Crippen LogP) is 10.00. The molecule has 2 radical (unpaired) electrons. The second-order valence-corrected chi connectivity index (χ2v) is 16.4. The van der Waals surface area contributed by atoms with Gasteiger partial charge in [0.2, 0.25) is 0 Å². The van der Waals surface area contributed by atoms with Gasteiger partial charge < -0.3 is 0 Å². The van der Waals surface area contributed by atoms with Crippen molar-refractivity contribution in [2.24, 2.45) is 0 Å². The molecule has 0 spiro atoms. The molecule has 2 aromatic rings. The van der Waals surface area contributed by atoms with Gasteiger partial charge in [0.15, 0.2) is 0 Å². The van der Waals surface area contributed by atoms with Crippen molar-refractivity contribution in [2.75, 3.05) is 0 Å². The Balaban J connectivity index is 0.000000530. The van der Waals surface area contributed by atoms with E-state index >= 15 is 0 Å². The van der Waals surface area contributed by atoms with Gasteiger partial charge in [-0.3, -0.25) is 0 Å². The Hall–Kier alpha value is -1.22. The Bertz CT molecular complexity index is 1020. The average molecular weight is 595 g/mol. The molecule has 206 valence electrons. The molecule has 0 amide bonds. The third-order valence-electron chi connectivity index (χ3n) is 8.54. The average Bonchev–Trinajstić information content (AvgIpc) is 3.72. The van der Waals surface area contributed by atoms with Crippen LogP contribution in [0.4, 0.5) is 0 Å². The molecule has 0 bridgehead atoms. The van der Waals surface area contributed by atoms with Gasteiger partial charge >= 0.3 is 0 Å². The van der Waals surface area contributed by atoms with Crippen molar-refractivity contribution in [2.45, 2.75) is 88.1 Å². The third kappa shape index (κ3) is 8.17. The van der Waals surface area contributed by atoms with Gasteiger partial charge in [-0.15, -0.1) is 0 Å². The molecule has 1 atom stereocenters. The third-order valence-corrected chi connectivity index (χ3v) is 15.0. The summed E-state index contributed by atoms with van der Waals surface area (Å²) >= 11 is 0. The SMILES string of the molecule is C[C@@H]([C]1C=CC=C1P(c1ccccc1)c1ccccc1)P(C1CCCCC1)C1CCCCC1.[CH]1C=CC=C1.[Fe]. The molecule has 0 unspecified atom stereocenters. The summed E-state index contributed by atoms with van der Waals surface area (Å²) in [5.41, 5.74) is 2.71. The van der Waals surface area contributed by atoms with Crippen molar-refractivity contribution in [1.82, 2.24) is 0 Å². The number of hydrogen-bond acceptors (Lipinski definition) is 0.